The molecule has 2 N–H and O–H groups in total. The maximum Gasteiger partial charge on any atom is 0.238 e. The zero-order chi connectivity index (χ0) is 13.8. The van der Waals surface area contributed by atoms with Crippen LogP contribution in [0.15, 0.2) is 18.2 Å². The van der Waals surface area contributed by atoms with E-state index in [9.17, 15) is 9.90 Å². The van der Waals surface area contributed by atoms with Gasteiger partial charge in [-0.15, -0.1) is 0 Å². The number of hydrogen-bond acceptors (Lipinski definition) is 3. The average Bonchev–Trinajstić information content (AvgIpc) is 2.80. The highest BCUT2D eigenvalue weighted by molar-refractivity contribution is 6.36. The van der Waals surface area contributed by atoms with E-state index in [-0.39, 0.29) is 25.1 Å². The van der Waals surface area contributed by atoms with E-state index in [1.807, 2.05) is 4.90 Å². The molecule has 104 valence electrons. The number of anilines is 1. The molecule has 1 aliphatic heterocycles. The predicted molar refractivity (Wildman–Crippen MR) is 76.8 cm³/mol. The molecule has 0 aromatic heterocycles. The summed E-state index contributed by atoms with van der Waals surface area (Å²) in [4.78, 5) is 13.9. The molecular weight excluding hydrogens is 287 g/mol. The van der Waals surface area contributed by atoms with Crippen LogP contribution in [0, 0.1) is 0 Å². The Morgan fingerprint density at radius 3 is 2.95 bits per heavy atom. The fourth-order valence-electron chi connectivity index (χ4n) is 2.28. The van der Waals surface area contributed by atoms with Gasteiger partial charge in [-0.05, 0) is 37.6 Å². The van der Waals surface area contributed by atoms with Crippen LogP contribution in [0.3, 0.4) is 0 Å². The molecule has 1 heterocycles. The number of carbonyl (C=O) groups excluding carboxylic acids is 1. The third-order valence-electron chi connectivity index (χ3n) is 3.26. The zero-order valence-electron chi connectivity index (χ0n) is 10.4. The highest BCUT2D eigenvalue weighted by Gasteiger charge is 2.25. The van der Waals surface area contributed by atoms with Crippen LogP contribution in [-0.4, -0.2) is 41.7 Å². The number of hydrogen-bond donors (Lipinski definition) is 2. The predicted octanol–water partition coefficient (Wildman–Crippen LogP) is 2.39. The van der Waals surface area contributed by atoms with Crippen molar-refractivity contribution in [3.05, 3.63) is 28.2 Å². The number of halogens is 2. The first-order valence-electron chi connectivity index (χ1n) is 6.20. The lowest BCUT2D eigenvalue weighted by Gasteiger charge is -2.21. The van der Waals surface area contributed by atoms with Crippen molar-refractivity contribution in [2.45, 2.75) is 18.9 Å². The van der Waals surface area contributed by atoms with Gasteiger partial charge in [0.2, 0.25) is 5.91 Å². The van der Waals surface area contributed by atoms with Gasteiger partial charge in [0, 0.05) is 11.1 Å². The van der Waals surface area contributed by atoms with Gasteiger partial charge < -0.3 is 10.4 Å². The standard InChI is InChI=1S/C13H16Cl2N2O2/c14-9-3-4-12(11(15)6-9)16-13(19)7-17-5-1-2-10(17)8-18/h3-4,6,10,18H,1-2,5,7-8H2,(H,16,19). The Hall–Kier alpha value is -0.810. The molecule has 1 amide bonds. The van der Waals surface area contributed by atoms with Crippen molar-refractivity contribution in [1.29, 1.82) is 0 Å². The van der Waals surface area contributed by atoms with E-state index >= 15 is 0 Å². The van der Waals surface area contributed by atoms with Crippen molar-refractivity contribution < 1.29 is 9.90 Å². The Morgan fingerprint density at radius 1 is 1.47 bits per heavy atom. The van der Waals surface area contributed by atoms with E-state index in [1.165, 1.54) is 0 Å². The Kier molecular flexibility index (Phi) is 5.05. The number of aliphatic hydroxyl groups is 1. The smallest absolute Gasteiger partial charge is 0.238 e. The molecule has 0 bridgehead atoms. The van der Waals surface area contributed by atoms with Gasteiger partial charge in [-0.3, -0.25) is 9.69 Å². The van der Waals surface area contributed by atoms with Crippen molar-refractivity contribution >= 4 is 34.8 Å². The first-order valence-corrected chi connectivity index (χ1v) is 6.95. The molecule has 0 spiro atoms. The fourth-order valence-corrected chi connectivity index (χ4v) is 2.73. The monoisotopic (exact) mass is 302 g/mol. The lowest BCUT2D eigenvalue weighted by Crippen LogP contribution is -2.38. The molecule has 0 saturated carbocycles. The minimum atomic E-state index is -0.135. The van der Waals surface area contributed by atoms with Crippen molar-refractivity contribution in [3.8, 4) is 0 Å². The van der Waals surface area contributed by atoms with Crippen LogP contribution in [0.5, 0.6) is 0 Å². The van der Waals surface area contributed by atoms with Crippen LogP contribution >= 0.6 is 23.2 Å². The van der Waals surface area contributed by atoms with Crippen molar-refractivity contribution in [1.82, 2.24) is 4.90 Å². The van der Waals surface area contributed by atoms with Crippen LogP contribution < -0.4 is 5.32 Å². The molecule has 1 unspecified atom stereocenters. The quantitative estimate of drug-likeness (QED) is 0.898. The van der Waals surface area contributed by atoms with Gasteiger partial charge in [-0.2, -0.15) is 0 Å². The lowest BCUT2D eigenvalue weighted by atomic mass is 10.2. The second kappa shape index (κ2) is 6.57. The molecule has 0 radical (unpaired) electrons. The largest absolute Gasteiger partial charge is 0.395 e. The summed E-state index contributed by atoms with van der Waals surface area (Å²) in [6.07, 6.45) is 1.95. The number of nitrogens with one attached hydrogen (secondary N) is 1. The van der Waals surface area contributed by atoms with Gasteiger partial charge in [0.1, 0.15) is 0 Å². The first kappa shape index (κ1) is 14.6. The van der Waals surface area contributed by atoms with Crippen LogP contribution in [0.4, 0.5) is 5.69 Å². The summed E-state index contributed by atoms with van der Waals surface area (Å²) in [7, 11) is 0. The molecular formula is C13H16Cl2N2O2. The molecule has 4 nitrogen and oxygen atoms in total. The van der Waals surface area contributed by atoms with E-state index in [1.54, 1.807) is 18.2 Å². The molecule has 19 heavy (non-hydrogen) atoms. The van der Waals surface area contributed by atoms with Crippen molar-refractivity contribution in [2.75, 3.05) is 25.0 Å². The molecule has 2 rings (SSSR count). The summed E-state index contributed by atoms with van der Waals surface area (Å²) in [6, 6.07) is 5.03. The second-order valence-electron chi connectivity index (χ2n) is 4.62. The SMILES string of the molecule is O=C(CN1CCCC1CO)Nc1ccc(Cl)cc1Cl. The lowest BCUT2D eigenvalue weighted by molar-refractivity contribution is -0.117. The molecule has 1 saturated heterocycles. The Labute approximate surface area is 122 Å². The zero-order valence-corrected chi connectivity index (χ0v) is 11.9. The van der Waals surface area contributed by atoms with Gasteiger partial charge in [0.25, 0.3) is 0 Å². The minimum absolute atomic E-state index is 0.0893. The van der Waals surface area contributed by atoms with Gasteiger partial charge in [0.15, 0.2) is 0 Å². The van der Waals surface area contributed by atoms with E-state index in [2.05, 4.69) is 5.32 Å². The van der Waals surface area contributed by atoms with Crippen molar-refractivity contribution in [2.24, 2.45) is 0 Å². The highest BCUT2D eigenvalue weighted by Crippen LogP contribution is 2.25. The average molecular weight is 303 g/mol. The number of likely N-dealkylation sites (tertiary alicyclic amines) is 1. The van der Waals surface area contributed by atoms with Crippen LogP contribution in [0.1, 0.15) is 12.8 Å². The molecule has 1 aromatic rings. The van der Waals surface area contributed by atoms with Gasteiger partial charge in [-0.1, -0.05) is 23.2 Å². The van der Waals surface area contributed by atoms with Crippen molar-refractivity contribution in [3.63, 3.8) is 0 Å². The molecule has 6 heteroatoms. The first-order chi connectivity index (χ1) is 9.10. The Bertz CT molecular complexity index is 468. The molecule has 1 atom stereocenters. The minimum Gasteiger partial charge on any atom is -0.395 e. The van der Waals surface area contributed by atoms with Gasteiger partial charge >= 0.3 is 0 Å². The highest BCUT2D eigenvalue weighted by atomic mass is 35.5. The van der Waals surface area contributed by atoms with Crippen LogP contribution in [0.2, 0.25) is 10.0 Å². The third kappa shape index (κ3) is 3.83. The summed E-state index contributed by atoms with van der Waals surface area (Å²) in [5, 5.41) is 12.9. The number of rotatable bonds is 4. The molecule has 1 aliphatic rings. The fraction of sp³-hybridized carbons (Fsp3) is 0.462. The Balaban J connectivity index is 1.94. The summed E-state index contributed by atoms with van der Waals surface area (Å²) in [5.41, 5.74) is 0.552. The summed E-state index contributed by atoms with van der Waals surface area (Å²) >= 11 is 11.8. The number of nitrogens with zero attached hydrogens (tertiary/aromatic N) is 1. The summed E-state index contributed by atoms with van der Waals surface area (Å²) < 4.78 is 0. The molecule has 1 aromatic carbocycles. The van der Waals surface area contributed by atoms with Crippen LogP contribution in [-0.2, 0) is 4.79 Å². The van der Waals surface area contributed by atoms with E-state index in [0.29, 0.717) is 15.7 Å². The molecule has 0 aliphatic carbocycles. The number of benzene rings is 1. The topological polar surface area (TPSA) is 52.6 Å². The maximum atomic E-state index is 11.9. The second-order valence-corrected chi connectivity index (χ2v) is 5.47. The normalized spacial score (nSPS) is 19.6. The van der Waals surface area contributed by atoms with E-state index < -0.39 is 0 Å². The number of aliphatic hydroxyl groups excluding tert-OH is 1. The van der Waals surface area contributed by atoms with E-state index in [4.69, 9.17) is 23.2 Å². The number of carbonyl (C=O) groups is 1. The van der Waals surface area contributed by atoms with E-state index in [0.717, 1.165) is 19.4 Å². The summed E-state index contributed by atoms with van der Waals surface area (Å²) in [6.45, 7) is 1.20. The third-order valence-corrected chi connectivity index (χ3v) is 3.81. The maximum absolute atomic E-state index is 11.9. The number of amides is 1. The van der Waals surface area contributed by atoms with Crippen LogP contribution in [0.25, 0.3) is 0 Å². The Morgan fingerprint density at radius 2 is 2.26 bits per heavy atom. The summed E-state index contributed by atoms with van der Waals surface area (Å²) in [5.74, 6) is -0.135. The molecule has 1 fully saturated rings. The van der Waals surface area contributed by atoms with Gasteiger partial charge in [-0.25, -0.2) is 0 Å². The van der Waals surface area contributed by atoms with Gasteiger partial charge in [0.05, 0.1) is 23.9 Å².